The van der Waals surface area contributed by atoms with E-state index in [1.807, 2.05) is 29.3 Å². The number of nitrogens with one attached hydrogen (secondary N) is 1. The van der Waals surface area contributed by atoms with Crippen LogP contribution in [0.4, 0.5) is 10.1 Å². The smallest absolute Gasteiger partial charge is 0.270 e. The molecule has 0 unspecified atom stereocenters. The fourth-order valence-corrected chi connectivity index (χ4v) is 6.47. The molecule has 9 heteroatoms. The number of amides is 2. The molecular weight excluding hydrogens is 543 g/mol. The second-order valence-corrected chi connectivity index (χ2v) is 11.8. The van der Waals surface area contributed by atoms with Gasteiger partial charge in [0.15, 0.2) is 5.82 Å². The van der Waals surface area contributed by atoms with Crippen molar-refractivity contribution in [2.75, 3.05) is 44.2 Å². The summed E-state index contributed by atoms with van der Waals surface area (Å²) in [5.41, 5.74) is 4.42. The first-order valence-electron chi connectivity index (χ1n) is 15.7. The number of hydrogen-bond acceptors (Lipinski definition) is 4. The van der Waals surface area contributed by atoms with E-state index in [0.717, 1.165) is 68.7 Å². The van der Waals surface area contributed by atoms with Crippen molar-refractivity contribution in [3.05, 3.63) is 71.9 Å². The van der Waals surface area contributed by atoms with Crippen molar-refractivity contribution in [1.29, 1.82) is 0 Å². The highest BCUT2D eigenvalue weighted by Gasteiger charge is 2.30. The van der Waals surface area contributed by atoms with Crippen molar-refractivity contribution in [2.45, 2.75) is 58.4 Å². The van der Waals surface area contributed by atoms with Crippen LogP contribution in [0.1, 0.15) is 67.9 Å². The van der Waals surface area contributed by atoms with E-state index in [2.05, 4.69) is 53.1 Å². The Kier molecular flexibility index (Phi) is 8.49. The average molecular weight is 585 g/mol. The Hall–Kier alpha value is -4.14. The van der Waals surface area contributed by atoms with Gasteiger partial charge in [0.2, 0.25) is 5.91 Å². The van der Waals surface area contributed by atoms with Gasteiger partial charge >= 0.3 is 0 Å². The van der Waals surface area contributed by atoms with Crippen molar-refractivity contribution in [1.82, 2.24) is 24.6 Å². The number of aromatic nitrogens is 3. The molecule has 2 fully saturated rings. The predicted molar refractivity (Wildman–Crippen MR) is 168 cm³/mol. The van der Waals surface area contributed by atoms with Crippen LogP contribution in [0, 0.1) is 5.82 Å². The maximum absolute atomic E-state index is 16.4. The summed E-state index contributed by atoms with van der Waals surface area (Å²) in [5.74, 6) is -0.487. The number of likely N-dealkylation sites (tertiary alicyclic amines) is 2. The van der Waals surface area contributed by atoms with Crippen LogP contribution < -0.4 is 4.90 Å². The second kappa shape index (κ2) is 12.6. The Balaban J connectivity index is 1.34. The lowest BCUT2D eigenvalue weighted by Crippen LogP contribution is -2.42. The number of aryl methyl sites for hydroxylation is 1. The Morgan fingerprint density at radius 2 is 1.86 bits per heavy atom. The van der Waals surface area contributed by atoms with Crippen LogP contribution in [0.25, 0.3) is 22.0 Å². The average Bonchev–Trinajstić information content (AvgIpc) is 3.69. The number of rotatable bonds is 10. The number of H-pyrrole nitrogens is 1. The number of aromatic amines is 1. The Bertz CT molecular complexity index is 1570. The summed E-state index contributed by atoms with van der Waals surface area (Å²) in [6.45, 7) is 9.39. The first-order chi connectivity index (χ1) is 21.0. The molecule has 6 rings (SSSR count). The summed E-state index contributed by atoms with van der Waals surface area (Å²) < 4.78 is 18.2. The van der Waals surface area contributed by atoms with E-state index >= 15 is 4.39 Å². The molecule has 1 N–H and O–H groups in total. The number of nitrogens with zero attached hydrogens (tertiary/aromatic N) is 5. The first-order valence-corrected chi connectivity index (χ1v) is 15.7. The number of halogens is 1. The van der Waals surface area contributed by atoms with Gasteiger partial charge < -0.3 is 19.7 Å². The highest BCUT2D eigenvalue weighted by atomic mass is 19.1. The van der Waals surface area contributed by atoms with E-state index in [4.69, 9.17) is 0 Å². The molecule has 0 bridgehead atoms. The Morgan fingerprint density at radius 3 is 2.53 bits per heavy atom. The van der Waals surface area contributed by atoms with Crippen LogP contribution in [-0.4, -0.2) is 75.6 Å². The number of fused-ring (bicyclic) bond motifs is 1. The van der Waals surface area contributed by atoms with Gasteiger partial charge in [-0.25, -0.2) is 4.39 Å². The number of carbonyl (C=O) groups is 2. The minimum Gasteiger partial charge on any atom is -0.372 e. The standard InChI is InChI=1S/C34H41FN6O2/c1-3-15-38(4-2)26-11-9-24(10-12-26)27-21-28(32(35)33-29(27)22-30(37-33)34(43)39-17-7-18-39)25-8-5-16-40(23-25)31(42)13-20-41-19-6-14-36-41/h6,9-12,14,19,21-22,25,37H,3-5,7-8,13,15-18,20,23H2,1-2H3/t25-/m1/s1. The summed E-state index contributed by atoms with van der Waals surface area (Å²) in [6, 6.07) is 14.1. The molecule has 0 radical (unpaired) electrons. The quantitative estimate of drug-likeness (QED) is 0.246. The third-order valence-electron chi connectivity index (χ3n) is 9.00. The van der Waals surface area contributed by atoms with Crippen LogP contribution in [0.3, 0.4) is 0 Å². The van der Waals surface area contributed by atoms with Crippen molar-refractivity contribution in [2.24, 2.45) is 0 Å². The highest BCUT2D eigenvalue weighted by molar-refractivity contribution is 6.03. The second-order valence-electron chi connectivity index (χ2n) is 11.8. The lowest BCUT2D eigenvalue weighted by Gasteiger charge is -2.33. The predicted octanol–water partition coefficient (Wildman–Crippen LogP) is 6.05. The maximum Gasteiger partial charge on any atom is 0.270 e. The summed E-state index contributed by atoms with van der Waals surface area (Å²) in [5, 5.41) is 4.91. The molecule has 226 valence electrons. The summed E-state index contributed by atoms with van der Waals surface area (Å²) in [7, 11) is 0. The van der Waals surface area contributed by atoms with Gasteiger partial charge in [0.05, 0.1) is 5.52 Å². The van der Waals surface area contributed by atoms with Gasteiger partial charge in [0.25, 0.3) is 5.91 Å². The zero-order valence-corrected chi connectivity index (χ0v) is 25.2. The molecule has 0 saturated carbocycles. The minimum atomic E-state index is -0.325. The molecule has 0 spiro atoms. The number of carbonyl (C=O) groups excluding carboxylic acids is 2. The van der Waals surface area contributed by atoms with Crippen LogP contribution in [0.15, 0.2) is 54.9 Å². The normalized spacial score (nSPS) is 16.9. The summed E-state index contributed by atoms with van der Waals surface area (Å²) in [4.78, 5) is 35.4. The molecule has 0 aliphatic carbocycles. The lowest BCUT2D eigenvalue weighted by atomic mass is 9.87. The third-order valence-corrected chi connectivity index (χ3v) is 9.00. The summed E-state index contributed by atoms with van der Waals surface area (Å²) in [6.07, 6.45) is 7.59. The molecule has 2 aromatic heterocycles. The fourth-order valence-electron chi connectivity index (χ4n) is 6.47. The third kappa shape index (κ3) is 5.90. The van der Waals surface area contributed by atoms with Gasteiger partial charge in [-0.3, -0.25) is 14.3 Å². The zero-order valence-electron chi connectivity index (χ0n) is 25.2. The van der Waals surface area contributed by atoms with E-state index in [0.29, 0.717) is 48.2 Å². The van der Waals surface area contributed by atoms with E-state index < -0.39 is 0 Å². The van der Waals surface area contributed by atoms with Crippen molar-refractivity contribution >= 4 is 28.4 Å². The van der Waals surface area contributed by atoms with Crippen molar-refractivity contribution in [3.63, 3.8) is 0 Å². The molecule has 2 aromatic carbocycles. The monoisotopic (exact) mass is 584 g/mol. The van der Waals surface area contributed by atoms with Gasteiger partial charge in [0.1, 0.15) is 5.69 Å². The van der Waals surface area contributed by atoms with E-state index in [-0.39, 0.29) is 23.5 Å². The molecule has 4 heterocycles. The SMILES string of the molecule is CCCN(CC)c1ccc(-c2cc([C@@H]3CCCN(C(=O)CCn4cccn4)C3)c(F)c3[nH]c(C(=O)N4CCC4)cc23)cc1. The van der Waals surface area contributed by atoms with Crippen molar-refractivity contribution in [3.8, 4) is 11.1 Å². The number of piperidine rings is 1. The molecule has 2 amide bonds. The molecule has 1 atom stereocenters. The van der Waals surface area contributed by atoms with Gasteiger partial charge in [-0.1, -0.05) is 19.1 Å². The van der Waals surface area contributed by atoms with Crippen molar-refractivity contribution < 1.29 is 14.0 Å². The first kappa shape index (κ1) is 29.0. The molecule has 4 aromatic rings. The van der Waals surface area contributed by atoms with E-state index in [9.17, 15) is 9.59 Å². The van der Waals surface area contributed by atoms with Gasteiger partial charge in [-0.2, -0.15) is 5.10 Å². The largest absolute Gasteiger partial charge is 0.372 e. The highest BCUT2D eigenvalue weighted by Crippen LogP contribution is 2.39. The van der Waals surface area contributed by atoms with E-state index in [1.54, 1.807) is 15.8 Å². The molecule has 2 saturated heterocycles. The molecule has 43 heavy (non-hydrogen) atoms. The number of anilines is 1. The fraction of sp³-hybridized carbons (Fsp3) is 0.441. The van der Waals surface area contributed by atoms with Crippen LogP contribution in [0.5, 0.6) is 0 Å². The summed E-state index contributed by atoms with van der Waals surface area (Å²) >= 11 is 0. The number of benzene rings is 2. The van der Waals surface area contributed by atoms with E-state index in [1.165, 1.54) is 0 Å². The number of hydrogen-bond donors (Lipinski definition) is 1. The van der Waals surface area contributed by atoms with Gasteiger partial charge in [-0.05, 0) is 79.6 Å². The van der Waals surface area contributed by atoms with Gasteiger partial charge in [0, 0.05) is 81.6 Å². The molecule has 8 nitrogen and oxygen atoms in total. The minimum absolute atomic E-state index is 0.0624. The zero-order chi connectivity index (χ0) is 29.9. The topological polar surface area (TPSA) is 77.5 Å². The van der Waals surface area contributed by atoms with Crippen LogP contribution in [0.2, 0.25) is 0 Å². The molecule has 2 aliphatic heterocycles. The molecular formula is C34H41FN6O2. The van der Waals surface area contributed by atoms with Crippen LogP contribution >= 0.6 is 0 Å². The van der Waals surface area contributed by atoms with Gasteiger partial charge in [-0.15, -0.1) is 0 Å². The Morgan fingerprint density at radius 1 is 1.07 bits per heavy atom. The molecule has 2 aliphatic rings. The maximum atomic E-state index is 16.4. The Labute approximate surface area is 252 Å². The lowest BCUT2D eigenvalue weighted by molar-refractivity contribution is -0.132. The van der Waals surface area contributed by atoms with Crippen LogP contribution in [-0.2, 0) is 11.3 Å².